The van der Waals surface area contributed by atoms with Gasteiger partial charge < -0.3 is 20.1 Å². The van der Waals surface area contributed by atoms with E-state index in [1.807, 2.05) is 30.3 Å². The zero-order chi connectivity index (χ0) is 22.4. The van der Waals surface area contributed by atoms with E-state index < -0.39 is 36.8 Å². The van der Waals surface area contributed by atoms with Gasteiger partial charge in [-0.3, -0.25) is 19.3 Å². The maximum Gasteiger partial charge on any atom is 0.475 e. The van der Waals surface area contributed by atoms with Crippen LogP contribution < -0.4 is 5.32 Å². The van der Waals surface area contributed by atoms with Crippen molar-refractivity contribution in [2.45, 2.75) is 31.2 Å². The van der Waals surface area contributed by atoms with E-state index >= 15 is 0 Å². The molecule has 2 aromatic rings. The minimum absolute atomic E-state index is 0.213. The summed E-state index contributed by atoms with van der Waals surface area (Å²) in [4.78, 5) is 39.3. The van der Waals surface area contributed by atoms with E-state index in [0.717, 1.165) is 10.5 Å². The molecule has 0 saturated heterocycles. The van der Waals surface area contributed by atoms with Gasteiger partial charge in [-0.2, -0.15) is 0 Å². The number of nitrogens with one attached hydrogen (secondary N) is 1. The van der Waals surface area contributed by atoms with Gasteiger partial charge in [0.25, 0.3) is 11.8 Å². The van der Waals surface area contributed by atoms with E-state index in [4.69, 9.17) is 4.74 Å². The second-order valence-electron chi connectivity index (χ2n) is 7.40. The molecule has 2 aromatic carbocycles. The van der Waals surface area contributed by atoms with Crippen molar-refractivity contribution in [3.63, 3.8) is 0 Å². The Bertz CT molecular complexity index is 902. The number of methoxy groups -OCH3 is 1. The molecule has 0 aliphatic carbocycles. The summed E-state index contributed by atoms with van der Waals surface area (Å²) in [6.45, 7) is -0.213. The number of amides is 3. The fraction of sp³-hybridized carbons (Fsp3) is 0.318. The Labute approximate surface area is 181 Å². The number of aryl methyl sites for hydroxylation is 1. The minimum atomic E-state index is -1.79. The molecule has 0 fully saturated rings. The van der Waals surface area contributed by atoms with Crippen LogP contribution in [0.1, 0.15) is 39.1 Å². The van der Waals surface area contributed by atoms with Gasteiger partial charge in [-0.15, -0.1) is 0 Å². The smallest absolute Gasteiger partial charge is 0.426 e. The number of fused-ring (bicyclic) bond motifs is 1. The number of hydrogen-bond acceptors (Lipinski definition) is 6. The van der Waals surface area contributed by atoms with Gasteiger partial charge in [0.2, 0.25) is 5.91 Å². The highest BCUT2D eigenvalue weighted by Gasteiger charge is 2.43. The molecule has 3 N–H and O–H groups in total. The van der Waals surface area contributed by atoms with Gasteiger partial charge in [-0.1, -0.05) is 42.5 Å². The van der Waals surface area contributed by atoms with E-state index in [2.05, 4.69) is 5.32 Å². The maximum atomic E-state index is 13.0. The Morgan fingerprint density at radius 3 is 2.16 bits per heavy atom. The normalized spacial score (nSPS) is 14.9. The largest absolute Gasteiger partial charge is 0.475 e. The van der Waals surface area contributed by atoms with Crippen LogP contribution in [0.2, 0.25) is 0 Å². The lowest BCUT2D eigenvalue weighted by Crippen LogP contribution is -2.56. The number of carbonyl (C=O) groups is 3. The van der Waals surface area contributed by atoms with Crippen LogP contribution in [0.25, 0.3) is 0 Å². The molecule has 0 spiro atoms. The zero-order valence-electron chi connectivity index (χ0n) is 17.2. The van der Waals surface area contributed by atoms with E-state index in [-0.39, 0.29) is 17.7 Å². The molecule has 31 heavy (non-hydrogen) atoms. The van der Waals surface area contributed by atoms with Crippen molar-refractivity contribution < 1.29 is 29.2 Å². The van der Waals surface area contributed by atoms with Crippen LogP contribution in [0, 0.1) is 0 Å². The average molecular weight is 424 g/mol. The van der Waals surface area contributed by atoms with Gasteiger partial charge in [0.1, 0.15) is 6.04 Å². The minimum Gasteiger partial charge on any atom is -0.426 e. The van der Waals surface area contributed by atoms with Gasteiger partial charge in [0, 0.05) is 7.11 Å². The summed E-state index contributed by atoms with van der Waals surface area (Å²) >= 11 is 0. The zero-order valence-corrected chi connectivity index (χ0v) is 17.2. The molecule has 1 aliphatic heterocycles. The molecule has 0 saturated carbocycles. The number of rotatable bonds is 10. The molecule has 2 atom stereocenters. The summed E-state index contributed by atoms with van der Waals surface area (Å²) in [5.74, 6) is -2.80. The topological polar surface area (TPSA) is 116 Å². The van der Waals surface area contributed by atoms with Gasteiger partial charge in [0.05, 0.1) is 23.7 Å². The molecule has 0 aromatic heterocycles. The standard InChI is InChI=1S/C22H25BN2O6/c1-31-14-18(25-21(27)16-11-5-6-12-17(16)22(25)28)20(26)24-19(23(29)30)13-7-10-15-8-3-2-4-9-15/h2-6,8-9,11-12,18-19,29-30H,7,10,13-14H2,1H3,(H,24,26). The first-order chi connectivity index (χ1) is 14.9. The Kier molecular flexibility index (Phi) is 7.57. The van der Waals surface area contributed by atoms with Crippen molar-refractivity contribution in [1.29, 1.82) is 0 Å². The lowest BCUT2D eigenvalue weighted by atomic mass is 9.76. The molecule has 3 amide bonds. The van der Waals surface area contributed by atoms with Crippen molar-refractivity contribution in [1.82, 2.24) is 10.2 Å². The average Bonchev–Trinajstić information content (AvgIpc) is 3.02. The summed E-state index contributed by atoms with van der Waals surface area (Å²) in [6, 6.07) is 14.8. The highest BCUT2D eigenvalue weighted by molar-refractivity contribution is 6.43. The molecule has 3 rings (SSSR count). The molecular weight excluding hydrogens is 399 g/mol. The molecule has 1 heterocycles. The number of imide groups is 1. The van der Waals surface area contributed by atoms with Gasteiger partial charge in [0.15, 0.2) is 0 Å². The van der Waals surface area contributed by atoms with E-state index in [0.29, 0.717) is 19.3 Å². The van der Waals surface area contributed by atoms with E-state index in [1.54, 1.807) is 12.1 Å². The molecule has 8 nitrogen and oxygen atoms in total. The van der Waals surface area contributed by atoms with Crippen LogP contribution in [-0.4, -0.2) is 65.5 Å². The first-order valence-electron chi connectivity index (χ1n) is 10.1. The number of carbonyl (C=O) groups excluding carboxylic acids is 3. The molecule has 9 heteroatoms. The van der Waals surface area contributed by atoms with Crippen molar-refractivity contribution in [3.8, 4) is 0 Å². The maximum absolute atomic E-state index is 13.0. The van der Waals surface area contributed by atoms with Crippen LogP contribution in [-0.2, 0) is 16.0 Å². The highest BCUT2D eigenvalue weighted by Crippen LogP contribution is 2.25. The fourth-order valence-corrected chi connectivity index (χ4v) is 3.66. The lowest BCUT2D eigenvalue weighted by Gasteiger charge is -2.27. The van der Waals surface area contributed by atoms with Crippen molar-refractivity contribution in [2.24, 2.45) is 0 Å². The predicted molar refractivity (Wildman–Crippen MR) is 114 cm³/mol. The Morgan fingerprint density at radius 2 is 1.61 bits per heavy atom. The molecule has 162 valence electrons. The summed E-state index contributed by atoms with van der Waals surface area (Å²) in [5, 5.41) is 22.1. The summed E-state index contributed by atoms with van der Waals surface area (Å²) in [5.41, 5.74) is 1.55. The molecule has 2 unspecified atom stereocenters. The Hall–Kier alpha value is -3.01. The number of ether oxygens (including phenoxy) is 1. The van der Waals surface area contributed by atoms with Crippen LogP contribution in [0.4, 0.5) is 0 Å². The monoisotopic (exact) mass is 424 g/mol. The predicted octanol–water partition coefficient (Wildman–Crippen LogP) is 0.817. The van der Waals surface area contributed by atoms with E-state index in [9.17, 15) is 24.4 Å². The van der Waals surface area contributed by atoms with E-state index in [1.165, 1.54) is 19.2 Å². The van der Waals surface area contributed by atoms with Crippen molar-refractivity contribution >= 4 is 24.8 Å². The summed E-state index contributed by atoms with van der Waals surface area (Å²) in [7, 11) is -0.429. The SMILES string of the molecule is COCC(C(=O)NC(CCCc1ccccc1)B(O)O)N1C(=O)c2ccccc2C1=O. The molecule has 0 bridgehead atoms. The third-order valence-electron chi connectivity index (χ3n) is 5.28. The molecule has 0 radical (unpaired) electrons. The Balaban J connectivity index is 1.68. The second-order valence-corrected chi connectivity index (χ2v) is 7.40. The molecule has 1 aliphatic rings. The number of nitrogens with zero attached hydrogens (tertiary/aromatic N) is 1. The van der Waals surface area contributed by atoms with Gasteiger partial charge >= 0.3 is 7.12 Å². The first kappa shape index (κ1) is 22.7. The van der Waals surface area contributed by atoms with Gasteiger partial charge in [-0.05, 0) is 37.0 Å². The molecular formula is C22H25BN2O6. The van der Waals surface area contributed by atoms with Crippen LogP contribution >= 0.6 is 0 Å². The second kappa shape index (κ2) is 10.3. The summed E-state index contributed by atoms with van der Waals surface area (Å²) in [6.07, 6.45) is 1.62. The lowest BCUT2D eigenvalue weighted by molar-refractivity contribution is -0.127. The van der Waals surface area contributed by atoms with Crippen molar-refractivity contribution in [2.75, 3.05) is 13.7 Å². The van der Waals surface area contributed by atoms with Crippen LogP contribution in [0.15, 0.2) is 54.6 Å². The van der Waals surface area contributed by atoms with Crippen molar-refractivity contribution in [3.05, 3.63) is 71.3 Å². The van der Waals surface area contributed by atoms with Crippen LogP contribution in [0.5, 0.6) is 0 Å². The number of benzene rings is 2. The Morgan fingerprint density at radius 1 is 1.03 bits per heavy atom. The third-order valence-corrected chi connectivity index (χ3v) is 5.28. The first-order valence-corrected chi connectivity index (χ1v) is 10.1. The van der Waals surface area contributed by atoms with Gasteiger partial charge in [-0.25, -0.2) is 0 Å². The highest BCUT2D eigenvalue weighted by atomic mass is 16.5. The fourth-order valence-electron chi connectivity index (χ4n) is 3.66. The third kappa shape index (κ3) is 5.19. The summed E-state index contributed by atoms with van der Waals surface area (Å²) < 4.78 is 5.08. The van der Waals surface area contributed by atoms with Crippen LogP contribution in [0.3, 0.4) is 0 Å². The number of hydrogen-bond donors (Lipinski definition) is 3. The quantitative estimate of drug-likeness (QED) is 0.384.